The first kappa shape index (κ1) is 13.7. The molecule has 4 nitrogen and oxygen atoms in total. The summed E-state index contributed by atoms with van der Waals surface area (Å²) >= 11 is 3.34. The molecule has 0 fully saturated rings. The Morgan fingerprint density at radius 2 is 2.11 bits per heavy atom. The number of ether oxygens (including phenoxy) is 1. The third kappa shape index (κ3) is 4.13. The van der Waals surface area contributed by atoms with Gasteiger partial charge in [0.05, 0.1) is 12.8 Å². The summed E-state index contributed by atoms with van der Waals surface area (Å²) in [5.74, 6) is 1.19. The summed E-state index contributed by atoms with van der Waals surface area (Å²) in [7, 11) is 0. The van der Waals surface area contributed by atoms with Crippen LogP contribution in [0.15, 0.2) is 51.6 Å². The van der Waals surface area contributed by atoms with Gasteiger partial charge in [0.15, 0.2) is 6.10 Å². The molecule has 0 unspecified atom stereocenters. The quantitative estimate of drug-likeness (QED) is 0.919. The molecule has 5 heteroatoms. The number of carbonyl (C=O) groups is 1. The lowest BCUT2D eigenvalue weighted by atomic mass is 10.3. The monoisotopic (exact) mass is 323 g/mol. The Hall–Kier alpha value is -1.75. The van der Waals surface area contributed by atoms with Crippen molar-refractivity contribution in [2.75, 3.05) is 0 Å². The minimum Gasteiger partial charge on any atom is -0.481 e. The van der Waals surface area contributed by atoms with Gasteiger partial charge in [-0.25, -0.2) is 0 Å². The summed E-state index contributed by atoms with van der Waals surface area (Å²) in [6, 6.07) is 10.9. The lowest BCUT2D eigenvalue weighted by Crippen LogP contribution is -2.35. The molecule has 0 radical (unpaired) electrons. The Kier molecular flexibility index (Phi) is 4.63. The molecular formula is C14H14BrNO3. The predicted molar refractivity (Wildman–Crippen MR) is 74.8 cm³/mol. The molecule has 19 heavy (non-hydrogen) atoms. The number of hydrogen-bond acceptors (Lipinski definition) is 3. The van der Waals surface area contributed by atoms with Gasteiger partial charge < -0.3 is 14.5 Å². The number of hydrogen-bond donors (Lipinski definition) is 1. The third-order valence-electron chi connectivity index (χ3n) is 2.51. The lowest BCUT2D eigenvalue weighted by Gasteiger charge is -2.14. The molecule has 100 valence electrons. The molecular weight excluding hydrogens is 310 g/mol. The van der Waals surface area contributed by atoms with Crippen molar-refractivity contribution in [3.63, 3.8) is 0 Å². The number of carbonyl (C=O) groups excluding carboxylic acids is 1. The second-order valence-electron chi connectivity index (χ2n) is 4.01. The average Bonchev–Trinajstić information content (AvgIpc) is 2.91. The maximum Gasteiger partial charge on any atom is 0.261 e. The highest BCUT2D eigenvalue weighted by Crippen LogP contribution is 2.17. The van der Waals surface area contributed by atoms with Gasteiger partial charge in [-0.3, -0.25) is 4.79 Å². The van der Waals surface area contributed by atoms with E-state index in [1.807, 2.05) is 12.1 Å². The molecule has 1 aromatic heterocycles. The van der Waals surface area contributed by atoms with Crippen LogP contribution in [0.4, 0.5) is 0 Å². The summed E-state index contributed by atoms with van der Waals surface area (Å²) in [6.07, 6.45) is 1.01. The summed E-state index contributed by atoms with van der Waals surface area (Å²) in [4.78, 5) is 11.8. The van der Waals surface area contributed by atoms with Crippen LogP contribution in [0.5, 0.6) is 5.75 Å². The number of amides is 1. The zero-order valence-corrected chi connectivity index (χ0v) is 12.0. The Morgan fingerprint density at radius 3 is 2.74 bits per heavy atom. The van der Waals surface area contributed by atoms with E-state index in [2.05, 4.69) is 21.2 Å². The van der Waals surface area contributed by atoms with E-state index >= 15 is 0 Å². The highest BCUT2D eigenvalue weighted by Gasteiger charge is 2.14. The Labute approximate surface area is 119 Å². The van der Waals surface area contributed by atoms with Crippen molar-refractivity contribution in [3.8, 4) is 5.75 Å². The highest BCUT2D eigenvalue weighted by atomic mass is 79.9. The van der Waals surface area contributed by atoms with Gasteiger partial charge in [-0.05, 0) is 43.3 Å². The molecule has 0 bridgehead atoms. The van der Waals surface area contributed by atoms with Crippen LogP contribution in [-0.2, 0) is 11.3 Å². The minimum absolute atomic E-state index is 0.181. The zero-order valence-electron chi connectivity index (χ0n) is 10.4. The fraction of sp³-hybridized carbons (Fsp3) is 0.214. The zero-order chi connectivity index (χ0) is 13.7. The molecule has 0 saturated heterocycles. The van der Waals surface area contributed by atoms with Gasteiger partial charge in [-0.2, -0.15) is 0 Å². The van der Waals surface area contributed by atoms with Crippen molar-refractivity contribution in [3.05, 3.63) is 52.9 Å². The first-order chi connectivity index (χ1) is 9.15. The van der Waals surface area contributed by atoms with Gasteiger partial charge in [-0.1, -0.05) is 15.9 Å². The standard InChI is InChI=1S/C14H14BrNO3/c1-10(19-12-6-4-11(15)5-7-12)14(17)16-9-13-3-2-8-18-13/h2-8,10H,9H2,1H3,(H,16,17)/t10-/m0/s1. The largest absolute Gasteiger partial charge is 0.481 e. The number of benzene rings is 1. The van der Waals surface area contributed by atoms with Crippen molar-refractivity contribution in [2.24, 2.45) is 0 Å². The van der Waals surface area contributed by atoms with Crippen molar-refractivity contribution in [1.82, 2.24) is 5.32 Å². The Balaban J connectivity index is 1.83. The maximum atomic E-state index is 11.8. The Morgan fingerprint density at radius 1 is 1.37 bits per heavy atom. The molecule has 2 rings (SSSR count). The number of furan rings is 1. The fourth-order valence-electron chi connectivity index (χ4n) is 1.50. The van der Waals surface area contributed by atoms with Crippen LogP contribution >= 0.6 is 15.9 Å². The molecule has 1 aromatic carbocycles. The van der Waals surface area contributed by atoms with E-state index in [0.717, 1.165) is 4.47 Å². The van der Waals surface area contributed by atoms with Crippen LogP contribution < -0.4 is 10.1 Å². The van der Waals surface area contributed by atoms with Gasteiger partial charge in [0, 0.05) is 4.47 Å². The average molecular weight is 324 g/mol. The van der Waals surface area contributed by atoms with E-state index in [9.17, 15) is 4.79 Å². The van der Waals surface area contributed by atoms with Crippen LogP contribution in [0.25, 0.3) is 0 Å². The van der Waals surface area contributed by atoms with Crippen LogP contribution in [0, 0.1) is 0 Å². The van der Waals surface area contributed by atoms with Crippen LogP contribution in [0.1, 0.15) is 12.7 Å². The molecule has 2 aromatic rings. The number of nitrogens with one attached hydrogen (secondary N) is 1. The SMILES string of the molecule is C[C@H](Oc1ccc(Br)cc1)C(=O)NCc1ccco1. The van der Waals surface area contributed by atoms with E-state index < -0.39 is 6.10 Å². The summed E-state index contributed by atoms with van der Waals surface area (Å²) in [6.45, 7) is 2.07. The maximum absolute atomic E-state index is 11.8. The topological polar surface area (TPSA) is 51.5 Å². The van der Waals surface area contributed by atoms with E-state index in [1.165, 1.54) is 0 Å². The summed E-state index contributed by atoms with van der Waals surface area (Å²) in [5, 5.41) is 2.75. The van der Waals surface area contributed by atoms with Gasteiger partial charge in [0.2, 0.25) is 0 Å². The fourth-order valence-corrected chi connectivity index (χ4v) is 1.77. The second kappa shape index (κ2) is 6.43. The van der Waals surface area contributed by atoms with Crippen molar-refractivity contribution in [2.45, 2.75) is 19.6 Å². The van der Waals surface area contributed by atoms with E-state index in [4.69, 9.17) is 9.15 Å². The number of halogens is 1. The lowest BCUT2D eigenvalue weighted by molar-refractivity contribution is -0.127. The first-order valence-corrected chi connectivity index (χ1v) is 6.67. The summed E-state index contributed by atoms with van der Waals surface area (Å²) < 4.78 is 11.6. The van der Waals surface area contributed by atoms with Crippen LogP contribution in [0.3, 0.4) is 0 Å². The van der Waals surface area contributed by atoms with Gasteiger partial charge in [-0.15, -0.1) is 0 Å². The molecule has 0 saturated carbocycles. The van der Waals surface area contributed by atoms with Crippen LogP contribution in [-0.4, -0.2) is 12.0 Å². The molecule has 0 aliphatic carbocycles. The second-order valence-corrected chi connectivity index (χ2v) is 4.93. The number of rotatable bonds is 5. The summed E-state index contributed by atoms with van der Waals surface area (Å²) in [5.41, 5.74) is 0. The molecule has 1 atom stereocenters. The van der Waals surface area contributed by atoms with Crippen molar-refractivity contribution < 1.29 is 13.9 Å². The van der Waals surface area contributed by atoms with E-state index in [1.54, 1.807) is 37.5 Å². The highest BCUT2D eigenvalue weighted by molar-refractivity contribution is 9.10. The van der Waals surface area contributed by atoms with E-state index in [0.29, 0.717) is 18.1 Å². The molecule has 0 spiro atoms. The molecule has 0 aliphatic rings. The first-order valence-electron chi connectivity index (χ1n) is 5.87. The van der Waals surface area contributed by atoms with Crippen molar-refractivity contribution >= 4 is 21.8 Å². The van der Waals surface area contributed by atoms with E-state index in [-0.39, 0.29) is 5.91 Å². The smallest absolute Gasteiger partial charge is 0.261 e. The van der Waals surface area contributed by atoms with Crippen LogP contribution in [0.2, 0.25) is 0 Å². The molecule has 1 N–H and O–H groups in total. The van der Waals surface area contributed by atoms with Crippen molar-refractivity contribution in [1.29, 1.82) is 0 Å². The normalized spacial score (nSPS) is 11.9. The Bertz CT molecular complexity index is 522. The van der Waals surface area contributed by atoms with Gasteiger partial charge >= 0.3 is 0 Å². The predicted octanol–water partition coefficient (Wildman–Crippen LogP) is 3.13. The minimum atomic E-state index is -0.559. The molecule has 0 aliphatic heterocycles. The van der Waals surface area contributed by atoms with Gasteiger partial charge in [0.1, 0.15) is 11.5 Å². The molecule has 1 heterocycles. The third-order valence-corrected chi connectivity index (χ3v) is 3.04. The molecule has 1 amide bonds. The van der Waals surface area contributed by atoms with Gasteiger partial charge in [0.25, 0.3) is 5.91 Å².